The van der Waals surface area contributed by atoms with Crippen molar-refractivity contribution in [1.82, 2.24) is 19.3 Å². The minimum Gasteiger partial charge on any atom is -0.322 e. The van der Waals surface area contributed by atoms with Crippen LogP contribution in [0, 0.1) is 13.8 Å². The van der Waals surface area contributed by atoms with E-state index in [1.54, 1.807) is 15.3 Å². The molecule has 1 amide bonds. The van der Waals surface area contributed by atoms with Gasteiger partial charge in [0.2, 0.25) is 5.91 Å². The van der Waals surface area contributed by atoms with Gasteiger partial charge in [-0.25, -0.2) is 4.98 Å². The Balaban J connectivity index is 1.57. The quantitative estimate of drug-likeness (QED) is 0.541. The summed E-state index contributed by atoms with van der Waals surface area (Å²) < 4.78 is 3.49. The first-order valence-corrected chi connectivity index (χ1v) is 9.88. The number of carbonyl (C=O) groups excluding carboxylic acids is 1. The number of para-hydroxylation sites is 1. The molecule has 7 nitrogen and oxygen atoms in total. The third kappa shape index (κ3) is 3.37. The molecule has 2 aromatic heterocycles. The van der Waals surface area contributed by atoms with Crippen molar-refractivity contribution in [2.45, 2.75) is 37.9 Å². The number of fused-ring (bicyclic) bond motifs is 1. The van der Waals surface area contributed by atoms with Gasteiger partial charge in [0.1, 0.15) is 0 Å². The van der Waals surface area contributed by atoms with Crippen molar-refractivity contribution in [3.8, 4) is 0 Å². The van der Waals surface area contributed by atoms with Crippen LogP contribution >= 0.6 is 11.8 Å². The molecule has 0 atom stereocenters. The Hall–Kier alpha value is -2.61. The van der Waals surface area contributed by atoms with Gasteiger partial charge in [-0.1, -0.05) is 23.9 Å². The molecule has 3 aromatic rings. The van der Waals surface area contributed by atoms with Crippen LogP contribution in [0.3, 0.4) is 0 Å². The third-order valence-electron chi connectivity index (χ3n) is 4.79. The van der Waals surface area contributed by atoms with Gasteiger partial charge in [-0.15, -0.1) is 0 Å². The first kappa shape index (κ1) is 17.8. The maximum Gasteiger partial charge on any atom is 0.262 e. The van der Waals surface area contributed by atoms with Crippen LogP contribution in [-0.4, -0.2) is 31.0 Å². The van der Waals surface area contributed by atoms with Gasteiger partial charge in [0, 0.05) is 13.1 Å². The fraction of sp³-hybridized carbons (Fsp3) is 0.368. The summed E-state index contributed by atoms with van der Waals surface area (Å²) in [6.07, 6.45) is 1.96. The minimum absolute atomic E-state index is 0.0232. The number of thioether (sulfide) groups is 1. The molecule has 1 aromatic carbocycles. The van der Waals surface area contributed by atoms with Crippen molar-refractivity contribution in [2.24, 2.45) is 7.05 Å². The lowest BCUT2D eigenvalue weighted by molar-refractivity contribution is -0.113. The number of amides is 1. The SMILES string of the molecule is Cc1nn(C)c(C)c1NC(=O)CSc1nc2ccccc2c(=O)n1C1CC1. The highest BCUT2D eigenvalue weighted by Crippen LogP contribution is 2.36. The fourth-order valence-electron chi connectivity index (χ4n) is 3.14. The van der Waals surface area contributed by atoms with Crippen molar-refractivity contribution in [2.75, 3.05) is 11.1 Å². The Labute approximate surface area is 160 Å². The number of nitrogens with one attached hydrogen (secondary N) is 1. The standard InChI is InChI=1S/C19H21N5O2S/c1-11-17(12(2)23(3)22-11)21-16(25)10-27-19-20-15-7-5-4-6-14(15)18(26)24(19)13-8-9-13/h4-7,13H,8-10H2,1-3H3,(H,21,25). The fourth-order valence-corrected chi connectivity index (χ4v) is 4.01. The summed E-state index contributed by atoms with van der Waals surface area (Å²) in [5.74, 6) is 0.0506. The lowest BCUT2D eigenvalue weighted by Gasteiger charge is -2.12. The number of carbonyl (C=O) groups is 1. The zero-order valence-corrected chi connectivity index (χ0v) is 16.3. The maximum atomic E-state index is 12.9. The van der Waals surface area contributed by atoms with E-state index in [1.165, 1.54) is 11.8 Å². The van der Waals surface area contributed by atoms with E-state index >= 15 is 0 Å². The van der Waals surface area contributed by atoms with Gasteiger partial charge in [0.25, 0.3) is 5.56 Å². The predicted molar refractivity (Wildman–Crippen MR) is 106 cm³/mol. The molecule has 0 spiro atoms. The Morgan fingerprint density at radius 1 is 1.30 bits per heavy atom. The van der Waals surface area contributed by atoms with Crippen LogP contribution in [0.5, 0.6) is 0 Å². The Bertz CT molecular complexity index is 1100. The molecule has 1 N–H and O–H groups in total. The molecule has 8 heteroatoms. The molecule has 27 heavy (non-hydrogen) atoms. The van der Waals surface area contributed by atoms with Crippen molar-refractivity contribution >= 4 is 34.3 Å². The number of anilines is 1. The summed E-state index contributed by atoms with van der Waals surface area (Å²) in [7, 11) is 1.85. The third-order valence-corrected chi connectivity index (χ3v) is 5.75. The van der Waals surface area contributed by atoms with Crippen LogP contribution in [0.4, 0.5) is 5.69 Å². The van der Waals surface area contributed by atoms with Gasteiger partial charge < -0.3 is 5.32 Å². The van der Waals surface area contributed by atoms with Crippen LogP contribution in [0.2, 0.25) is 0 Å². The summed E-state index contributed by atoms with van der Waals surface area (Å²) in [5.41, 5.74) is 3.08. The van der Waals surface area contributed by atoms with E-state index in [-0.39, 0.29) is 23.3 Å². The van der Waals surface area contributed by atoms with Crippen molar-refractivity contribution in [3.63, 3.8) is 0 Å². The van der Waals surface area contributed by atoms with Crippen LogP contribution in [0.25, 0.3) is 10.9 Å². The molecule has 2 heterocycles. The van der Waals surface area contributed by atoms with Crippen molar-refractivity contribution in [3.05, 3.63) is 46.0 Å². The van der Waals surface area contributed by atoms with Gasteiger partial charge in [0.15, 0.2) is 5.16 Å². The summed E-state index contributed by atoms with van der Waals surface area (Å²) in [6.45, 7) is 3.78. The molecule has 1 fully saturated rings. The maximum absolute atomic E-state index is 12.9. The monoisotopic (exact) mass is 383 g/mol. The van der Waals surface area contributed by atoms with E-state index in [0.717, 1.165) is 29.9 Å². The first-order chi connectivity index (χ1) is 13.0. The highest BCUT2D eigenvalue weighted by Gasteiger charge is 2.28. The largest absolute Gasteiger partial charge is 0.322 e. The van der Waals surface area contributed by atoms with Crippen LogP contribution in [0.1, 0.15) is 30.3 Å². The number of rotatable bonds is 5. The Morgan fingerprint density at radius 2 is 2.04 bits per heavy atom. The molecule has 0 saturated heterocycles. The van der Waals surface area contributed by atoms with Gasteiger partial charge >= 0.3 is 0 Å². The van der Waals surface area contributed by atoms with E-state index in [0.29, 0.717) is 16.1 Å². The molecule has 140 valence electrons. The average Bonchev–Trinajstić information content (AvgIpc) is 3.45. The van der Waals surface area contributed by atoms with Crippen LogP contribution in [0.15, 0.2) is 34.2 Å². The van der Waals surface area contributed by atoms with E-state index < -0.39 is 0 Å². The number of hydrogen-bond acceptors (Lipinski definition) is 5. The second-order valence-corrected chi connectivity index (χ2v) is 7.77. The molecule has 0 radical (unpaired) electrons. The number of benzene rings is 1. The molecule has 4 rings (SSSR count). The van der Waals surface area contributed by atoms with E-state index in [9.17, 15) is 9.59 Å². The lowest BCUT2D eigenvalue weighted by Crippen LogP contribution is -2.23. The first-order valence-electron chi connectivity index (χ1n) is 8.90. The second-order valence-electron chi connectivity index (χ2n) is 6.82. The molecular formula is C19H21N5O2S. The topological polar surface area (TPSA) is 81.8 Å². The average molecular weight is 383 g/mol. The zero-order valence-electron chi connectivity index (χ0n) is 15.5. The predicted octanol–water partition coefficient (Wildman–Crippen LogP) is 2.81. The van der Waals surface area contributed by atoms with Gasteiger partial charge in [-0.3, -0.25) is 18.8 Å². The van der Waals surface area contributed by atoms with E-state index in [1.807, 2.05) is 39.1 Å². The minimum atomic E-state index is -0.135. The molecular weight excluding hydrogens is 362 g/mol. The number of hydrogen-bond donors (Lipinski definition) is 1. The summed E-state index contributed by atoms with van der Waals surface area (Å²) in [5, 5.41) is 8.47. The van der Waals surface area contributed by atoms with Crippen molar-refractivity contribution < 1.29 is 4.79 Å². The molecule has 0 bridgehead atoms. The van der Waals surface area contributed by atoms with Gasteiger partial charge in [0.05, 0.1) is 33.7 Å². The van der Waals surface area contributed by atoms with Crippen molar-refractivity contribution in [1.29, 1.82) is 0 Å². The normalized spacial score (nSPS) is 13.9. The number of aromatic nitrogens is 4. The Morgan fingerprint density at radius 3 is 2.70 bits per heavy atom. The van der Waals surface area contributed by atoms with Crippen LogP contribution < -0.4 is 10.9 Å². The van der Waals surface area contributed by atoms with E-state index in [4.69, 9.17) is 0 Å². The van der Waals surface area contributed by atoms with Gasteiger partial charge in [-0.05, 0) is 38.8 Å². The molecule has 1 aliphatic rings. The van der Waals surface area contributed by atoms with Crippen LogP contribution in [-0.2, 0) is 11.8 Å². The Kier molecular flexibility index (Phi) is 4.51. The molecule has 1 aliphatic carbocycles. The molecule has 0 aliphatic heterocycles. The summed E-state index contributed by atoms with van der Waals surface area (Å²) in [6, 6.07) is 7.55. The molecule has 0 unspecified atom stereocenters. The highest BCUT2D eigenvalue weighted by molar-refractivity contribution is 7.99. The van der Waals surface area contributed by atoms with E-state index in [2.05, 4.69) is 15.4 Å². The number of aryl methyl sites for hydroxylation is 2. The number of nitrogens with zero attached hydrogens (tertiary/aromatic N) is 4. The lowest BCUT2D eigenvalue weighted by atomic mass is 10.2. The zero-order chi connectivity index (χ0) is 19.1. The van der Waals surface area contributed by atoms with Gasteiger partial charge in [-0.2, -0.15) is 5.10 Å². The smallest absolute Gasteiger partial charge is 0.262 e. The molecule has 1 saturated carbocycles. The highest BCUT2D eigenvalue weighted by atomic mass is 32.2. The summed E-state index contributed by atoms with van der Waals surface area (Å²) >= 11 is 1.30. The second kappa shape index (κ2) is 6.84. The summed E-state index contributed by atoms with van der Waals surface area (Å²) in [4.78, 5) is 30.0.